The van der Waals surface area contributed by atoms with Crippen molar-refractivity contribution in [2.45, 2.75) is 37.5 Å². The molecule has 0 radical (unpaired) electrons. The topological polar surface area (TPSA) is 93.7 Å². The highest BCUT2D eigenvalue weighted by atomic mass is 32.2. The van der Waals surface area contributed by atoms with Crippen molar-refractivity contribution < 1.29 is 22.7 Å². The number of methoxy groups -OCH3 is 2. The molecule has 0 atom stereocenters. The zero-order chi connectivity index (χ0) is 21.7. The van der Waals surface area contributed by atoms with Crippen molar-refractivity contribution in [2.75, 3.05) is 26.1 Å². The minimum absolute atomic E-state index is 0.00630. The third kappa shape index (κ3) is 6.20. The summed E-state index contributed by atoms with van der Waals surface area (Å²) in [5.74, 6) is 0.725. The quantitative estimate of drug-likeness (QED) is 0.683. The van der Waals surface area contributed by atoms with Crippen LogP contribution in [0.5, 0.6) is 11.5 Å². The lowest BCUT2D eigenvalue weighted by Gasteiger charge is -2.19. The molecular formula is C21H28N2O5S. The average molecular weight is 421 g/mol. The maximum Gasteiger partial charge on any atom is 0.240 e. The summed E-state index contributed by atoms with van der Waals surface area (Å²) in [6.45, 7) is 6.17. The summed E-state index contributed by atoms with van der Waals surface area (Å²) in [6.07, 6.45) is -0.00630. The number of hydrogen-bond acceptors (Lipinski definition) is 5. The van der Waals surface area contributed by atoms with Crippen LogP contribution in [0.2, 0.25) is 0 Å². The highest BCUT2D eigenvalue weighted by Gasteiger charge is 2.17. The van der Waals surface area contributed by atoms with Gasteiger partial charge in [0, 0.05) is 24.7 Å². The molecule has 0 aromatic heterocycles. The molecule has 1 amide bonds. The Balaban J connectivity index is 1.92. The fraction of sp³-hybridized carbons (Fsp3) is 0.381. The van der Waals surface area contributed by atoms with Crippen molar-refractivity contribution in [1.29, 1.82) is 0 Å². The van der Waals surface area contributed by atoms with Gasteiger partial charge in [-0.25, -0.2) is 13.1 Å². The van der Waals surface area contributed by atoms with E-state index in [-0.39, 0.29) is 29.2 Å². The van der Waals surface area contributed by atoms with Crippen molar-refractivity contribution in [1.82, 2.24) is 4.72 Å². The van der Waals surface area contributed by atoms with E-state index in [1.807, 2.05) is 0 Å². The van der Waals surface area contributed by atoms with E-state index < -0.39 is 10.0 Å². The molecule has 0 aliphatic heterocycles. The van der Waals surface area contributed by atoms with Crippen LogP contribution in [-0.4, -0.2) is 35.1 Å². The Hall–Kier alpha value is -2.58. The van der Waals surface area contributed by atoms with Crippen LogP contribution in [0.1, 0.15) is 32.8 Å². The molecule has 2 aromatic rings. The molecule has 2 aromatic carbocycles. The van der Waals surface area contributed by atoms with E-state index in [1.165, 1.54) is 14.2 Å². The number of nitrogens with one attached hydrogen (secondary N) is 2. The van der Waals surface area contributed by atoms with Gasteiger partial charge in [-0.1, -0.05) is 32.9 Å². The Bertz CT molecular complexity index is 948. The van der Waals surface area contributed by atoms with Gasteiger partial charge in [0.1, 0.15) is 0 Å². The fourth-order valence-corrected chi connectivity index (χ4v) is 3.69. The number of hydrogen-bond donors (Lipinski definition) is 2. The fourth-order valence-electron chi connectivity index (χ4n) is 2.65. The molecule has 158 valence electrons. The second kappa shape index (κ2) is 9.28. The summed E-state index contributed by atoms with van der Waals surface area (Å²) in [4.78, 5) is 12.3. The molecule has 0 saturated carbocycles. The molecule has 0 saturated heterocycles. The highest BCUT2D eigenvalue weighted by Crippen LogP contribution is 2.29. The van der Waals surface area contributed by atoms with Crippen LogP contribution in [0.4, 0.5) is 5.69 Å². The molecule has 2 N–H and O–H groups in total. The minimum Gasteiger partial charge on any atom is -0.493 e. The Morgan fingerprint density at radius 3 is 2.14 bits per heavy atom. The maximum absolute atomic E-state index is 12.4. The predicted octanol–water partition coefficient (Wildman–Crippen LogP) is 3.31. The first-order valence-corrected chi connectivity index (χ1v) is 10.7. The van der Waals surface area contributed by atoms with E-state index >= 15 is 0 Å². The number of benzene rings is 2. The molecule has 8 heteroatoms. The van der Waals surface area contributed by atoms with Gasteiger partial charge in [0.05, 0.1) is 19.1 Å². The zero-order valence-corrected chi connectivity index (χ0v) is 18.2. The Morgan fingerprint density at radius 2 is 1.59 bits per heavy atom. The van der Waals surface area contributed by atoms with Gasteiger partial charge in [0.15, 0.2) is 11.5 Å². The maximum atomic E-state index is 12.4. The molecule has 29 heavy (non-hydrogen) atoms. The molecule has 0 spiro atoms. The largest absolute Gasteiger partial charge is 0.493 e. The standard InChI is InChI=1S/C21H28N2O5S/c1-21(2,3)15-6-9-17(10-7-15)29(25,26)22-13-12-20(24)23-16-8-11-18(27-4)19(14-16)28-5/h6-11,14,22H,12-13H2,1-5H3,(H,23,24). The van der Waals surface area contributed by atoms with Gasteiger partial charge in [-0.3, -0.25) is 4.79 Å². The normalized spacial score (nSPS) is 11.8. The molecule has 0 aliphatic rings. The Morgan fingerprint density at radius 1 is 0.966 bits per heavy atom. The summed E-state index contributed by atoms with van der Waals surface area (Å²) in [5.41, 5.74) is 1.52. The lowest BCUT2D eigenvalue weighted by atomic mass is 9.87. The van der Waals surface area contributed by atoms with Crippen LogP contribution in [0.25, 0.3) is 0 Å². The lowest BCUT2D eigenvalue weighted by Crippen LogP contribution is -2.28. The second-order valence-electron chi connectivity index (χ2n) is 7.54. The highest BCUT2D eigenvalue weighted by molar-refractivity contribution is 7.89. The summed E-state index contributed by atoms with van der Waals surface area (Å²) < 4.78 is 37.6. The number of ether oxygens (including phenoxy) is 2. The van der Waals surface area contributed by atoms with Crippen LogP contribution >= 0.6 is 0 Å². The first-order chi connectivity index (χ1) is 13.6. The van der Waals surface area contributed by atoms with E-state index in [9.17, 15) is 13.2 Å². The number of amides is 1. The van der Waals surface area contributed by atoms with Crippen molar-refractivity contribution in [3.63, 3.8) is 0 Å². The Kier molecular flexibility index (Phi) is 7.26. The van der Waals surface area contributed by atoms with Crippen molar-refractivity contribution >= 4 is 21.6 Å². The summed E-state index contributed by atoms with van der Waals surface area (Å²) in [5, 5.41) is 2.71. The van der Waals surface area contributed by atoms with Crippen LogP contribution < -0.4 is 19.5 Å². The van der Waals surface area contributed by atoms with E-state index in [4.69, 9.17) is 9.47 Å². The van der Waals surface area contributed by atoms with Gasteiger partial charge in [-0.15, -0.1) is 0 Å². The molecule has 0 unspecified atom stereocenters. The minimum atomic E-state index is -3.68. The lowest BCUT2D eigenvalue weighted by molar-refractivity contribution is -0.116. The van der Waals surface area contributed by atoms with Gasteiger partial charge >= 0.3 is 0 Å². The third-order valence-corrected chi connectivity index (χ3v) is 5.82. The third-order valence-electron chi connectivity index (χ3n) is 4.34. The van der Waals surface area contributed by atoms with Crippen LogP contribution in [-0.2, 0) is 20.2 Å². The van der Waals surface area contributed by atoms with Gasteiger partial charge in [0.25, 0.3) is 0 Å². The predicted molar refractivity (Wildman–Crippen MR) is 113 cm³/mol. The first kappa shape index (κ1) is 22.7. The summed E-state index contributed by atoms with van der Waals surface area (Å²) in [7, 11) is -0.644. The van der Waals surface area contributed by atoms with Crippen LogP contribution in [0.3, 0.4) is 0 Å². The molecule has 2 rings (SSSR count). The van der Waals surface area contributed by atoms with E-state index in [0.29, 0.717) is 17.2 Å². The van der Waals surface area contributed by atoms with E-state index in [0.717, 1.165) is 5.56 Å². The van der Waals surface area contributed by atoms with E-state index in [2.05, 4.69) is 30.8 Å². The molecule has 0 aliphatic carbocycles. The average Bonchev–Trinajstić information content (AvgIpc) is 2.67. The number of sulfonamides is 1. The van der Waals surface area contributed by atoms with Gasteiger partial charge < -0.3 is 14.8 Å². The number of rotatable bonds is 8. The van der Waals surface area contributed by atoms with Gasteiger partial charge in [-0.05, 0) is 35.2 Å². The van der Waals surface area contributed by atoms with Gasteiger partial charge in [-0.2, -0.15) is 0 Å². The Labute approximate surface area is 172 Å². The molecular weight excluding hydrogens is 392 g/mol. The molecule has 0 heterocycles. The zero-order valence-electron chi connectivity index (χ0n) is 17.4. The molecule has 0 bridgehead atoms. The van der Waals surface area contributed by atoms with Crippen molar-refractivity contribution in [3.05, 3.63) is 48.0 Å². The smallest absolute Gasteiger partial charge is 0.240 e. The summed E-state index contributed by atoms with van der Waals surface area (Å²) in [6, 6.07) is 11.8. The monoisotopic (exact) mass is 420 g/mol. The first-order valence-electron chi connectivity index (χ1n) is 9.19. The van der Waals surface area contributed by atoms with Crippen LogP contribution in [0.15, 0.2) is 47.4 Å². The van der Waals surface area contributed by atoms with E-state index in [1.54, 1.807) is 42.5 Å². The van der Waals surface area contributed by atoms with Crippen molar-refractivity contribution in [3.8, 4) is 11.5 Å². The molecule has 7 nitrogen and oxygen atoms in total. The SMILES string of the molecule is COc1ccc(NC(=O)CCNS(=O)(=O)c2ccc(C(C)(C)C)cc2)cc1OC. The summed E-state index contributed by atoms with van der Waals surface area (Å²) >= 11 is 0. The van der Waals surface area contributed by atoms with Gasteiger partial charge in [0.2, 0.25) is 15.9 Å². The number of carbonyl (C=O) groups is 1. The number of anilines is 1. The second-order valence-corrected chi connectivity index (χ2v) is 9.31. The van der Waals surface area contributed by atoms with Crippen LogP contribution in [0, 0.1) is 0 Å². The number of carbonyl (C=O) groups excluding carboxylic acids is 1. The molecule has 0 fully saturated rings. The van der Waals surface area contributed by atoms with Crippen molar-refractivity contribution in [2.24, 2.45) is 0 Å².